The highest BCUT2D eigenvalue weighted by Gasteiger charge is 2.09. The summed E-state index contributed by atoms with van der Waals surface area (Å²) in [5.41, 5.74) is 7.65. The largest absolute Gasteiger partial charge is 0.489 e. The second kappa shape index (κ2) is 6.70. The van der Waals surface area contributed by atoms with Crippen molar-refractivity contribution in [1.29, 1.82) is 5.26 Å². The summed E-state index contributed by atoms with van der Waals surface area (Å²) < 4.78 is 20.0. The lowest BCUT2D eigenvalue weighted by Crippen LogP contribution is -2.08. The van der Waals surface area contributed by atoms with Crippen LogP contribution >= 0.6 is 15.9 Å². The number of ether oxygens (including phenoxy) is 1. The Morgan fingerprint density at radius 2 is 2.10 bits per heavy atom. The first kappa shape index (κ1) is 15.5. The van der Waals surface area contributed by atoms with E-state index in [0.717, 1.165) is 10.0 Å². The highest BCUT2D eigenvalue weighted by atomic mass is 79.9. The topological polar surface area (TPSA) is 59.0 Å². The van der Waals surface area contributed by atoms with Gasteiger partial charge in [-0.05, 0) is 42.8 Å². The van der Waals surface area contributed by atoms with Crippen molar-refractivity contribution in [3.8, 4) is 11.8 Å². The number of hydrogen-bond donors (Lipinski definition) is 1. The monoisotopic (exact) mass is 348 g/mol. The molecule has 0 saturated heterocycles. The maximum Gasteiger partial charge on any atom is 0.125 e. The molecule has 2 N–H and O–H groups in total. The summed E-state index contributed by atoms with van der Waals surface area (Å²) in [6, 6.07) is 11.5. The molecule has 21 heavy (non-hydrogen) atoms. The van der Waals surface area contributed by atoms with Gasteiger partial charge in [0.05, 0.1) is 11.6 Å². The molecule has 0 heterocycles. The lowest BCUT2D eigenvalue weighted by Gasteiger charge is -2.14. The van der Waals surface area contributed by atoms with Gasteiger partial charge in [-0.1, -0.05) is 22.0 Å². The minimum atomic E-state index is -0.450. The molecule has 0 bridgehead atoms. The molecule has 2 rings (SSSR count). The van der Waals surface area contributed by atoms with Crippen LogP contribution in [0, 0.1) is 17.1 Å². The van der Waals surface area contributed by atoms with Gasteiger partial charge in [-0.15, -0.1) is 0 Å². The second-order valence-corrected chi connectivity index (χ2v) is 5.64. The fraction of sp³-hybridized carbons (Fsp3) is 0.188. The van der Waals surface area contributed by atoms with E-state index >= 15 is 0 Å². The van der Waals surface area contributed by atoms with Crippen molar-refractivity contribution < 1.29 is 9.13 Å². The SMILES string of the molecule is C[C@H](N)c1ccc(Br)cc1OCc1cc(F)cc(C#N)c1. The zero-order valence-electron chi connectivity index (χ0n) is 11.4. The molecule has 3 nitrogen and oxygen atoms in total. The first-order valence-corrected chi connectivity index (χ1v) is 7.16. The van der Waals surface area contributed by atoms with Crippen LogP contribution in [0.4, 0.5) is 4.39 Å². The molecular weight excluding hydrogens is 335 g/mol. The minimum absolute atomic E-state index is 0.169. The molecular formula is C16H14BrFN2O. The zero-order valence-corrected chi connectivity index (χ0v) is 13.0. The summed E-state index contributed by atoms with van der Waals surface area (Å²) in [6.45, 7) is 2.04. The Hall–Kier alpha value is -1.90. The van der Waals surface area contributed by atoms with Crippen molar-refractivity contribution in [2.24, 2.45) is 5.73 Å². The van der Waals surface area contributed by atoms with Crippen molar-refractivity contribution >= 4 is 15.9 Å². The molecule has 0 aliphatic rings. The quantitative estimate of drug-likeness (QED) is 0.906. The number of nitrogens with zero attached hydrogens (tertiary/aromatic N) is 1. The van der Waals surface area contributed by atoms with Gasteiger partial charge in [0.2, 0.25) is 0 Å². The molecule has 5 heteroatoms. The fourth-order valence-corrected chi connectivity index (χ4v) is 2.31. The van der Waals surface area contributed by atoms with Gasteiger partial charge < -0.3 is 10.5 Å². The lowest BCUT2D eigenvalue weighted by atomic mass is 10.1. The van der Waals surface area contributed by atoms with Crippen LogP contribution < -0.4 is 10.5 Å². The van der Waals surface area contributed by atoms with Crippen LogP contribution in [0.2, 0.25) is 0 Å². The van der Waals surface area contributed by atoms with Gasteiger partial charge in [0.15, 0.2) is 0 Å². The van der Waals surface area contributed by atoms with Gasteiger partial charge in [0.25, 0.3) is 0 Å². The van der Waals surface area contributed by atoms with Crippen molar-refractivity contribution in [2.75, 3.05) is 0 Å². The van der Waals surface area contributed by atoms with Crippen molar-refractivity contribution in [1.82, 2.24) is 0 Å². The lowest BCUT2D eigenvalue weighted by molar-refractivity contribution is 0.300. The first-order valence-electron chi connectivity index (χ1n) is 6.37. The van der Waals surface area contributed by atoms with Gasteiger partial charge in [-0.25, -0.2) is 4.39 Å². The van der Waals surface area contributed by atoms with E-state index in [9.17, 15) is 4.39 Å². The molecule has 0 saturated carbocycles. The number of hydrogen-bond acceptors (Lipinski definition) is 3. The number of halogens is 2. The third-order valence-electron chi connectivity index (χ3n) is 2.95. The van der Waals surface area contributed by atoms with Gasteiger partial charge in [-0.3, -0.25) is 0 Å². The highest BCUT2D eigenvalue weighted by Crippen LogP contribution is 2.28. The van der Waals surface area contributed by atoms with Crippen molar-refractivity contribution in [3.05, 3.63) is 63.4 Å². The summed E-state index contributed by atoms with van der Waals surface area (Å²) in [4.78, 5) is 0. The normalized spacial score (nSPS) is 11.8. The number of nitriles is 1. The molecule has 0 amide bonds. The smallest absolute Gasteiger partial charge is 0.125 e. The molecule has 2 aromatic rings. The van der Waals surface area contributed by atoms with E-state index in [1.54, 1.807) is 6.07 Å². The third kappa shape index (κ3) is 4.03. The van der Waals surface area contributed by atoms with E-state index in [4.69, 9.17) is 15.7 Å². The molecule has 0 spiro atoms. The Labute approximate surface area is 131 Å². The molecule has 0 aliphatic carbocycles. The molecule has 0 fully saturated rings. The average molecular weight is 349 g/mol. The molecule has 0 radical (unpaired) electrons. The predicted octanol–water partition coefficient (Wildman–Crippen LogP) is 4.06. The van der Waals surface area contributed by atoms with Crippen LogP contribution in [0.1, 0.15) is 29.7 Å². The maximum atomic E-state index is 13.4. The second-order valence-electron chi connectivity index (χ2n) is 4.72. The zero-order chi connectivity index (χ0) is 15.4. The van der Waals surface area contributed by atoms with Gasteiger partial charge >= 0.3 is 0 Å². The van der Waals surface area contributed by atoms with Gasteiger partial charge in [0.1, 0.15) is 18.2 Å². The predicted molar refractivity (Wildman–Crippen MR) is 82.2 cm³/mol. The molecule has 0 aromatic heterocycles. The van der Waals surface area contributed by atoms with Gasteiger partial charge in [-0.2, -0.15) is 5.26 Å². The van der Waals surface area contributed by atoms with E-state index in [-0.39, 0.29) is 18.2 Å². The highest BCUT2D eigenvalue weighted by molar-refractivity contribution is 9.10. The molecule has 2 aromatic carbocycles. The summed E-state index contributed by atoms with van der Waals surface area (Å²) in [5.74, 6) is 0.191. The van der Waals surface area contributed by atoms with Crippen LogP contribution in [0.5, 0.6) is 5.75 Å². The summed E-state index contributed by atoms with van der Waals surface area (Å²) in [5, 5.41) is 8.84. The Morgan fingerprint density at radius 3 is 2.76 bits per heavy atom. The van der Waals surface area contributed by atoms with E-state index < -0.39 is 5.82 Å². The summed E-state index contributed by atoms with van der Waals surface area (Å²) in [7, 11) is 0. The molecule has 1 atom stereocenters. The summed E-state index contributed by atoms with van der Waals surface area (Å²) in [6.07, 6.45) is 0. The van der Waals surface area contributed by atoms with Crippen LogP contribution in [0.3, 0.4) is 0 Å². The summed E-state index contributed by atoms with van der Waals surface area (Å²) >= 11 is 3.38. The Bertz CT molecular complexity index is 695. The van der Waals surface area contributed by atoms with Crippen LogP contribution in [-0.2, 0) is 6.61 Å². The number of benzene rings is 2. The third-order valence-corrected chi connectivity index (χ3v) is 3.44. The van der Waals surface area contributed by atoms with Crippen LogP contribution in [-0.4, -0.2) is 0 Å². The minimum Gasteiger partial charge on any atom is -0.489 e. The Balaban J connectivity index is 2.22. The average Bonchev–Trinajstić information content (AvgIpc) is 2.44. The van der Waals surface area contributed by atoms with Gasteiger partial charge in [0, 0.05) is 16.1 Å². The number of rotatable bonds is 4. The van der Waals surface area contributed by atoms with Crippen LogP contribution in [0.25, 0.3) is 0 Å². The molecule has 0 unspecified atom stereocenters. The fourth-order valence-electron chi connectivity index (χ4n) is 1.97. The standard InChI is InChI=1S/C16H14BrFN2O/c1-10(20)15-3-2-13(17)7-16(15)21-9-12-4-11(8-19)5-14(18)6-12/h2-7,10H,9,20H2,1H3/t10-/m0/s1. The first-order chi connectivity index (χ1) is 9.99. The van der Waals surface area contributed by atoms with Crippen LogP contribution in [0.15, 0.2) is 40.9 Å². The number of nitrogens with two attached hydrogens (primary N) is 1. The molecule has 0 aliphatic heterocycles. The van der Waals surface area contributed by atoms with Crippen molar-refractivity contribution in [3.63, 3.8) is 0 Å². The van der Waals surface area contributed by atoms with E-state index in [2.05, 4.69) is 15.9 Å². The van der Waals surface area contributed by atoms with Crippen molar-refractivity contribution in [2.45, 2.75) is 19.6 Å². The maximum absolute atomic E-state index is 13.4. The Morgan fingerprint density at radius 1 is 1.33 bits per heavy atom. The van der Waals surface area contributed by atoms with E-state index in [1.165, 1.54) is 12.1 Å². The molecule has 108 valence electrons. The van der Waals surface area contributed by atoms with E-state index in [0.29, 0.717) is 11.3 Å². The Kier molecular flexibility index (Phi) is 4.94. The van der Waals surface area contributed by atoms with E-state index in [1.807, 2.05) is 31.2 Å².